The summed E-state index contributed by atoms with van der Waals surface area (Å²) < 4.78 is 41.0. The molecule has 0 bridgehead atoms. The molecule has 0 spiro atoms. The van der Waals surface area contributed by atoms with E-state index in [4.69, 9.17) is 0 Å². The molecule has 1 aromatic carbocycles. The number of hydrogen-bond donors (Lipinski definition) is 1. The molecule has 1 unspecified atom stereocenters. The molecule has 0 radical (unpaired) electrons. The van der Waals surface area contributed by atoms with Crippen molar-refractivity contribution in [2.75, 3.05) is 5.32 Å². The highest BCUT2D eigenvalue weighted by Crippen LogP contribution is 2.30. The fourth-order valence-electron chi connectivity index (χ4n) is 3.37. The molecular weight excluding hydrogens is 437 g/mol. The minimum atomic E-state index is -4.40. The van der Waals surface area contributed by atoms with Gasteiger partial charge < -0.3 is 5.32 Å². The Morgan fingerprint density at radius 1 is 1.12 bits per heavy atom. The summed E-state index contributed by atoms with van der Waals surface area (Å²) >= 11 is 1.53. The largest absolute Gasteiger partial charge is 0.416 e. The van der Waals surface area contributed by atoms with Gasteiger partial charge in [0.2, 0.25) is 0 Å². The predicted octanol–water partition coefficient (Wildman–Crippen LogP) is 5.52. The van der Waals surface area contributed by atoms with Crippen LogP contribution in [0.25, 0.3) is 5.95 Å². The van der Waals surface area contributed by atoms with Crippen LogP contribution in [0.4, 0.5) is 19.0 Å². The fraction of sp³-hybridized carbons (Fsp3) is 0.273. The van der Waals surface area contributed by atoms with E-state index in [1.807, 2.05) is 32.2 Å². The van der Waals surface area contributed by atoms with Crippen LogP contribution in [-0.2, 0) is 12.6 Å². The number of halogens is 3. The maximum Gasteiger partial charge on any atom is 0.416 e. The van der Waals surface area contributed by atoms with Gasteiger partial charge in [-0.2, -0.15) is 23.3 Å². The number of aromatic nitrogens is 5. The van der Waals surface area contributed by atoms with Crippen LogP contribution in [0.3, 0.4) is 0 Å². The Kier molecular flexibility index (Phi) is 5.96. The van der Waals surface area contributed by atoms with Crippen molar-refractivity contribution in [2.45, 2.75) is 39.4 Å². The quantitative estimate of drug-likeness (QED) is 0.412. The number of aryl methyl sites for hydroxylation is 2. The summed E-state index contributed by atoms with van der Waals surface area (Å²) in [4.78, 5) is 13.5. The molecule has 0 saturated heterocycles. The van der Waals surface area contributed by atoms with Gasteiger partial charge in [0.05, 0.1) is 23.0 Å². The molecule has 0 aliphatic heterocycles. The number of nitrogens with zero attached hydrogens (tertiary/aromatic N) is 5. The second-order valence-corrected chi connectivity index (χ2v) is 8.42. The van der Waals surface area contributed by atoms with Crippen molar-refractivity contribution in [3.63, 3.8) is 0 Å². The molecule has 4 aromatic rings. The number of hydrogen-bond acceptors (Lipinski definition) is 6. The van der Waals surface area contributed by atoms with Gasteiger partial charge in [-0.15, -0.1) is 11.3 Å². The molecule has 10 heteroatoms. The SMILES string of the molecule is Cc1cc(C)n(-c2nc(Cc3cccc(C(F)(F)F)c3)cc(NC(C)c3nccs3)n2)n1. The molecule has 0 aliphatic rings. The van der Waals surface area contributed by atoms with Crippen LogP contribution >= 0.6 is 11.3 Å². The first-order valence-corrected chi connectivity index (χ1v) is 10.8. The van der Waals surface area contributed by atoms with Gasteiger partial charge in [-0.25, -0.2) is 14.6 Å². The number of nitrogens with one attached hydrogen (secondary N) is 1. The molecule has 1 N–H and O–H groups in total. The highest BCUT2D eigenvalue weighted by molar-refractivity contribution is 7.09. The molecule has 6 nitrogen and oxygen atoms in total. The van der Waals surface area contributed by atoms with Gasteiger partial charge in [-0.1, -0.05) is 18.2 Å². The molecule has 0 aliphatic carbocycles. The van der Waals surface area contributed by atoms with Crippen molar-refractivity contribution in [1.29, 1.82) is 0 Å². The molecule has 0 fully saturated rings. The standard InChI is InChI=1S/C22H21F3N6S/c1-13-9-14(2)31(30-13)21-28-18(11-16-5-4-6-17(10-16)22(23,24)25)12-19(29-21)27-15(3)20-26-7-8-32-20/h4-10,12,15H,11H2,1-3H3,(H,27,28,29). The summed E-state index contributed by atoms with van der Waals surface area (Å²) in [5.41, 5.74) is 2.09. The lowest BCUT2D eigenvalue weighted by molar-refractivity contribution is -0.137. The lowest BCUT2D eigenvalue weighted by Gasteiger charge is -2.15. The highest BCUT2D eigenvalue weighted by Gasteiger charge is 2.30. The number of rotatable bonds is 6. The van der Waals surface area contributed by atoms with Gasteiger partial charge in [-0.3, -0.25) is 0 Å². The van der Waals surface area contributed by atoms with E-state index in [-0.39, 0.29) is 12.5 Å². The van der Waals surface area contributed by atoms with E-state index >= 15 is 0 Å². The highest BCUT2D eigenvalue weighted by atomic mass is 32.1. The van der Waals surface area contributed by atoms with Crippen LogP contribution in [0, 0.1) is 13.8 Å². The zero-order valence-corrected chi connectivity index (χ0v) is 18.5. The number of benzene rings is 1. The topological polar surface area (TPSA) is 68.5 Å². The van der Waals surface area contributed by atoms with Crippen molar-refractivity contribution in [1.82, 2.24) is 24.7 Å². The third kappa shape index (κ3) is 4.96. The average molecular weight is 459 g/mol. The molecule has 32 heavy (non-hydrogen) atoms. The Hall–Kier alpha value is -3.27. The van der Waals surface area contributed by atoms with Crippen LogP contribution in [0.2, 0.25) is 0 Å². The molecule has 166 valence electrons. The monoisotopic (exact) mass is 458 g/mol. The van der Waals surface area contributed by atoms with Crippen LogP contribution in [0.15, 0.2) is 48.0 Å². The minimum Gasteiger partial charge on any atom is -0.361 e. The Morgan fingerprint density at radius 3 is 2.59 bits per heavy atom. The van der Waals surface area contributed by atoms with Crippen LogP contribution < -0.4 is 5.32 Å². The van der Waals surface area contributed by atoms with Crippen LogP contribution in [-0.4, -0.2) is 24.7 Å². The maximum atomic E-state index is 13.1. The molecule has 0 saturated carbocycles. The first-order valence-electron chi connectivity index (χ1n) is 9.93. The second kappa shape index (κ2) is 8.70. The Morgan fingerprint density at radius 2 is 1.94 bits per heavy atom. The van der Waals surface area contributed by atoms with Crippen LogP contribution in [0.1, 0.15) is 46.2 Å². The van der Waals surface area contributed by atoms with Gasteiger partial charge in [0, 0.05) is 29.8 Å². The zero-order valence-electron chi connectivity index (χ0n) is 17.7. The first-order chi connectivity index (χ1) is 15.2. The summed E-state index contributed by atoms with van der Waals surface area (Å²) in [6.07, 6.45) is -2.44. The fourth-order valence-corrected chi connectivity index (χ4v) is 4.02. The van der Waals surface area contributed by atoms with Crippen molar-refractivity contribution >= 4 is 17.2 Å². The second-order valence-electron chi connectivity index (χ2n) is 7.49. The zero-order chi connectivity index (χ0) is 22.9. The van der Waals surface area contributed by atoms with E-state index in [0.29, 0.717) is 23.0 Å². The Bertz CT molecular complexity index is 1220. The first kappa shape index (κ1) is 21.9. The summed E-state index contributed by atoms with van der Waals surface area (Å²) in [7, 11) is 0. The van der Waals surface area contributed by atoms with Gasteiger partial charge in [-0.05, 0) is 38.5 Å². The van der Waals surface area contributed by atoms with E-state index in [1.165, 1.54) is 17.4 Å². The molecule has 3 heterocycles. The van der Waals surface area contributed by atoms with E-state index < -0.39 is 11.7 Å². The third-order valence-corrected chi connectivity index (χ3v) is 5.75. The van der Waals surface area contributed by atoms with E-state index in [2.05, 4.69) is 25.4 Å². The van der Waals surface area contributed by atoms with E-state index in [9.17, 15) is 13.2 Å². The number of thiazole rings is 1. The van der Waals surface area contributed by atoms with E-state index in [0.717, 1.165) is 28.5 Å². The van der Waals surface area contributed by atoms with Gasteiger partial charge in [0.1, 0.15) is 10.8 Å². The van der Waals surface area contributed by atoms with Gasteiger partial charge in [0.25, 0.3) is 5.95 Å². The molecular formula is C22H21F3N6S. The lowest BCUT2D eigenvalue weighted by atomic mass is 10.1. The molecule has 0 amide bonds. The summed E-state index contributed by atoms with van der Waals surface area (Å²) in [6, 6.07) is 8.84. The van der Waals surface area contributed by atoms with Crippen molar-refractivity contribution in [3.8, 4) is 5.95 Å². The predicted molar refractivity (Wildman–Crippen MR) is 117 cm³/mol. The molecule has 4 rings (SSSR count). The number of anilines is 1. The molecule has 3 aromatic heterocycles. The summed E-state index contributed by atoms with van der Waals surface area (Å²) in [5.74, 6) is 0.904. The van der Waals surface area contributed by atoms with Gasteiger partial charge >= 0.3 is 6.18 Å². The average Bonchev–Trinajstić information content (AvgIpc) is 3.37. The van der Waals surface area contributed by atoms with E-state index in [1.54, 1.807) is 23.0 Å². The van der Waals surface area contributed by atoms with Crippen molar-refractivity contribution in [2.24, 2.45) is 0 Å². The lowest BCUT2D eigenvalue weighted by Crippen LogP contribution is -2.13. The Balaban J connectivity index is 1.71. The van der Waals surface area contributed by atoms with Crippen LogP contribution in [0.5, 0.6) is 0 Å². The third-order valence-electron chi connectivity index (χ3n) is 4.79. The normalized spacial score (nSPS) is 12.7. The maximum absolute atomic E-state index is 13.1. The molecule has 1 atom stereocenters. The van der Waals surface area contributed by atoms with Crippen molar-refractivity contribution < 1.29 is 13.2 Å². The van der Waals surface area contributed by atoms with Crippen molar-refractivity contribution in [3.05, 3.63) is 81.2 Å². The van der Waals surface area contributed by atoms with Gasteiger partial charge in [0.15, 0.2) is 0 Å². The smallest absolute Gasteiger partial charge is 0.361 e. The number of alkyl halides is 3. The summed E-state index contributed by atoms with van der Waals surface area (Å²) in [5, 5.41) is 10.6. The minimum absolute atomic E-state index is 0.0976. The summed E-state index contributed by atoms with van der Waals surface area (Å²) in [6.45, 7) is 5.74. The Labute approximate surface area is 187 Å².